The van der Waals surface area contributed by atoms with E-state index in [-0.39, 0.29) is 18.1 Å². The van der Waals surface area contributed by atoms with Gasteiger partial charge in [0.05, 0.1) is 45.2 Å². The Balaban J connectivity index is 1.37. The predicted octanol–water partition coefficient (Wildman–Crippen LogP) is 4.77. The Labute approximate surface area is 201 Å². The molecule has 0 aliphatic carbocycles. The van der Waals surface area contributed by atoms with Crippen molar-refractivity contribution in [2.45, 2.75) is 32.0 Å². The van der Waals surface area contributed by atoms with Gasteiger partial charge in [0.25, 0.3) is 0 Å². The van der Waals surface area contributed by atoms with Crippen molar-refractivity contribution in [3.05, 3.63) is 120 Å². The lowest BCUT2D eigenvalue weighted by atomic mass is 10.0. The highest BCUT2D eigenvalue weighted by Gasteiger charge is 2.33. The Kier molecular flexibility index (Phi) is 9.03. The Morgan fingerprint density at radius 3 is 1.79 bits per heavy atom. The average Bonchev–Trinajstić information content (AvgIpc) is 2.89. The monoisotopic (exact) mass is 457 g/mol. The van der Waals surface area contributed by atoms with Crippen LogP contribution in [0.1, 0.15) is 16.7 Å². The Morgan fingerprint density at radius 1 is 0.676 bits per heavy atom. The molecule has 3 aromatic rings. The summed E-state index contributed by atoms with van der Waals surface area (Å²) in [5.41, 5.74) is 3.30. The number of ether oxygens (including phenoxy) is 3. The maximum absolute atomic E-state index is 12.8. The number of nitrogens with zero attached hydrogens (tertiary/aromatic N) is 1. The summed E-state index contributed by atoms with van der Waals surface area (Å²) in [6, 6.07) is 29.9. The Hall–Kier alpha value is -3.25. The van der Waals surface area contributed by atoms with Crippen molar-refractivity contribution >= 4 is 5.91 Å². The van der Waals surface area contributed by atoms with E-state index < -0.39 is 0 Å². The zero-order valence-corrected chi connectivity index (χ0v) is 19.3. The van der Waals surface area contributed by atoms with Crippen molar-refractivity contribution in [3.63, 3.8) is 0 Å². The van der Waals surface area contributed by atoms with Gasteiger partial charge in [0.2, 0.25) is 5.91 Å². The van der Waals surface area contributed by atoms with E-state index >= 15 is 0 Å². The van der Waals surface area contributed by atoms with Gasteiger partial charge >= 0.3 is 0 Å². The molecule has 0 saturated heterocycles. The Morgan fingerprint density at radius 2 is 1.21 bits per heavy atom. The molecule has 3 aromatic carbocycles. The van der Waals surface area contributed by atoms with Crippen LogP contribution in [-0.2, 0) is 38.8 Å². The molecular weight excluding hydrogens is 426 g/mol. The summed E-state index contributed by atoms with van der Waals surface area (Å²) in [6.45, 7) is 2.76. The van der Waals surface area contributed by atoms with Crippen LogP contribution in [0.15, 0.2) is 103 Å². The van der Waals surface area contributed by atoms with Gasteiger partial charge in [-0.05, 0) is 22.8 Å². The minimum Gasteiger partial charge on any atom is -0.375 e. The molecule has 0 radical (unpaired) electrons. The topological polar surface area (TPSA) is 48.0 Å². The molecule has 0 spiro atoms. The molecule has 1 heterocycles. The maximum atomic E-state index is 12.8. The molecule has 0 unspecified atom stereocenters. The summed E-state index contributed by atoms with van der Waals surface area (Å²) < 4.78 is 18.1. The van der Waals surface area contributed by atoms with Crippen LogP contribution in [0.25, 0.3) is 0 Å². The van der Waals surface area contributed by atoms with E-state index in [0.29, 0.717) is 39.6 Å². The predicted molar refractivity (Wildman–Crippen MR) is 132 cm³/mol. The first-order valence-electron chi connectivity index (χ1n) is 11.7. The number of carbonyl (C=O) groups is 1. The lowest BCUT2D eigenvalue weighted by molar-refractivity contribution is -0.137. The molecule has 0 fully saturated rings. The molecule has 1 amide bonds. The molecule has 5 nitrogen and oxygen atoms in total. The van der Waals surface area contributed by atoms with E-state index in [9.17, 15) is 4.79 Å². The fourth-order valence-electron chi connectivity index (χ4n) is 3.93. The van der Waals surface area contributed by atoms with Gasteiger partial charge in [0.15, 0.2) is 0 Å². The minimum atomic E-state index is -0.261. The van der Waals surface area contributed by atoms with E-state index in [1.54, 1.807) is 6.08 Å². The second-order valence-electron chi connectivity index (χ2n) is 8.26. The first-order chi connectivity index (χ1) is 16.8. The lowest BCUT2D eigenvalue weighted by Crippen LogP contribution is -2.53. The molecule has 0 bridgehead atoms. The van der Waals surface area contributed by atoms with Gasteiger partial charge in [-0.15, -0.1) is 0 Å². The second kappa shape index (κ2) is 12.8. The van der Waals surface area contributed by atoms with E-state index in [1.165, 1.54) is 0 Å². The number of hydrogen-bond donors (Lipinski definition) is 0. The average molecular weight is 458 g/mol. The first kappa shape index (κ1) is 23.9. The van der Waals surface area contributed by atoms with Crippen molar-refractivity contribution in [1.29, 1.82) is 0 Å². The summed E-state index contributed by atoms with van der Waals surface area (Å²) in [5.74, 6) is -0.0452. The zero-order chi connectivity index (χ0) is 23.4. The summed E-state index contributed by atoms with van der Waals surface area (Å²) in [7, 11) is 0. The summed E-state index contributed by atoms with van der Waals surface area (Å²) in [4.78, 5) is 14.6. The number of carbonyl (C=O) groups excluding carboxylic acids is 1. The van der Waals surface area contributed by atoms with Gasteiger partial charge in [-0.3, -0.25) is 4.79 Å². The number of benzene rings is 3. The highest BCUT2D eigenvalue weighted by Crippen LogP contribution is 2.19. The normalized spacial score (nSPS) is 17.8. The fourth-order valence-corrected chi connectivity index (χ4v) is 3.93. The van der Waals surface area contributed by atoms with Gasteiger partial charge in [-0.25, -0.2) is 0 Å². The second-order valence-corrected chi connectivity index (χ2v) is 8.26. The van der Waals surface area contributed by atoms with Crippen LogP contribution < -0.4 is 0 Å². The molecule has 1 aliphatic heterocycles. The van der Waals surface area contributed by atoms with Crippen LogP contribution in [0.3, 0.4) is 0 Å². The van der Waals surface area contributed by atoms with Gasteiger partial charge < -0.3 is 19.1 Å². The highest BCUT2D eigenvalue weighted by molar-refractivity contribution is 5.89. The highest BCUT2D eigenvalue weighted by atomic mass is 16.5. The first-order valence-corrected chi connectivity index (χ1v) is 11.7. The third-order valence-electron chi connectivity index (χ3n) is 5.76. The zero-order valence-electron chi connectivity index (χ0n) is 19.3. The summed E-state index contributed by atoms with van der Waals surface area (Å²) in [5, 5.41) is 0. The smallest absolute Gasteiger partial charge is 0.246 e. The molecule has 2 atom stereocenters. The van der Waals surface area contributed by atoms with Crippen LogP contribution in [-0.4, -0.2) is 42.7 Å². The molecule has 0 saturated carbocycles. The third-order valence-corrected chi connectivity index (χ3v) is 5.76. The van der Waals surface area contributed by atoms with Crippen LogP contribution in [0, 0.1) is 0 Å². The largest absolute Gasteiger partial charge is 0.375 e. The molecule has 5 heteroatoms. The van der Waals surface area contributed by atoms with Crippen LogP contribution in [0.5, 0.6) is 0 Å². The number of amides is 1. The quantitative estimate of drug-likeness (QED) is 0.368. The third kappa shape index (κ3) is 7.12. The van der Waals surface area contributed by atoms with Gasteiger partial charge in [-0.1, -0.05) is 91.0 Å². The van der Waals surface area contributed by atoms with E-state index in [2.05, 4.69) is 0 Å². The molecule has 1 aliphatic rings. The van der Waals surface area contributed by atoms with Crippen molar-refractivity contribution in [2.75, 3.05) is 19.8 Å². The molecule has 4 rings (SSSR count). The van der Waals surface area contributed by atoms with E-state index in [1.807, 2.05) is 102 Å². The van der Waals surface area contributed by atoms with Crippen molar-refractivity contribution in [2.24, 2.45) is 0 Å². The molecular formula is C29H31NO4. The van der Waals surface area contributed by atoms with Gasteiger partial charge in [0.1, 0.15) is 0 Å². The SMILES string of the molecule is O=C1C=C[C@H](OCc2ccccc2)[C@@H](COCc2ccccc2)N1CCOCc1ccccc1. The van der Waals surface area contributed by atoms with E-state index in [0.717, 1.165) is 16.7 Å². The minimum absolute atomic E-state index is 0.0452. The molecule has 176 valence electrons. The van der Waals surface area contributed by atoms with Crippen LogP contribution >= 0.6 is 0 Å². The van der Waals surface area contributed by atoms with Gasteiger partial charge in [0, 0.05) is 12.6 Å². The molecule has 0 N–H and O–H groups in total. The summed E-state index contributed by atoms with van der Waals surface area (Å²) in [6.07, 6.45) is 3.19. The standard InChI is InChI=1S/C29H31NO4/c31-29-17-16-28(34-22-26-14-8-3-9-15-26)27(23-33-21-25-12-6-2-7-13-25)30(29)18-19-32-20-24-10-4-1-5-11-24/h1-17,27-28H,18-23H2/t27-,28+/m1/s1. The van der Waals surface area contributed by atoms with Crippen molar-refractivity contribution in [3.8, 4) is 0 Å². The number of hydrogen-bond acceptors (Lipinski definition) is 4. The van der Waals surface area contributed by atoms with E-state index in [4.69, 9.17) is 14.2 Å². The maximum Gasteiger partial charge on any atom is 0.246 e. The fraction of sp³-hybridized carbons (Fsp3) is 0.276. The van der Waals surface area contributed by atoms with Crippen molar-refractivity contribution < 1.29 is 19.0 Å². The van der Waals surface area contributed by atoms with Crippen LogP contribution in [0.2, 0.25) is 0 Å². The lowest BCUT2D eigenvalue weighted by Gasteiger charge is -2.38. The molecule has 34 heavy (non-hydrogen) atoms. The Bertz CT molecular complexity index is 1020. The molecule has 0 aromatic heterocycles. The van der Waals surface area contributed by atoms with Crippen molar-refractivity contribution in [1.82, 2.24) is 4.90 Å². The van der Waals surface area contributed by atoms with Gasteiger partial charge in [-0.2, -0.15) is 0 Å². The number of rotatable bonds is 12. The van der Waals surface area contributed by atoms with Crippen LogP contribution in [0.4, 0.5) is 0 Å². The summed E-state index contributed by atoms with van der Waals surface area (Å²) >= 11 is 0.